The fourth-order valence-electron chi connectivity index (χ4n) is 2.01. The number of hydrogen-bond acceptors (Lipinski definition) is 3. The molecule has 0 aromatic heterocycles. The summed E-state index contributed by atoms with van der Waals surface area (Å²) in [7, 11) is 0. The summed E-state index contributed by atoms with van der Waals surface area (Å²) in [6, 6.07) is 0.608. The number of nitrogens with one attached hydrogen (secondary N) is 1. The van der Waals surface area contributed by atoms with Gasteiger partial charge in [0.05, 0.1) is 6.10 Å². The van der Waals surface area contributed by atoms with Crippen molar-refractivity contribution in [3.05, 3.63) is 0 Å². The van der Waals surface area contributed by atoms with Gasteiger partial charge in [-0.25, -0.2) is 0 Å². The maximum atomic E-state index is 5.51. The molecule has 0 bridgehead atoms. The van der Waals surface area contributed by atoms with E-state index in [9.17, 15) is 0 Å². The zero-order valence-corrected chi connectivity index (χ0v) is 10.9. The molecule has 1 N–H and O–H groups in total. The fraction of sp³-hybridized carbons (Fsp3) is 1.00. The SMILES string of the molecule is CSCCCCCCNC1CCOC1C. The normalized spacial score (nSPS) is 26.0. The maximum absolute atomic E-state index is 5.51. The van der Waals surface area contributed by atoms with Gasteiger partial charge in [-0.05, 0) is 44.7 Å². The van der Waals surface area contributed by atoms with E-state index in [1.54, 1.807) is 0 Å². The molecule has 0 saturated carbocycles. The second kappa shape index (κ2) is 8.43. The van der Waals surface area contributed by atoms with Crippen molar-refractivity contribution in [2.24, 2.45) is 0 Å². The van der Waals surface area contributed by atoms with E-state index in [-0.39, 0.29) is 0 Å². The Labute approximate surface area is 98.5 Å². The highest BCUT2D eigenvalue weighted by Gasteiger charge is 2.22. The Morgan fingerprint density at radius 3 is 2.73 bits per heavy atom. The van der Waals surface area contributed by atoms with Gasteiger partial charge in [0.15, 0.2) is 0 Å². The summed E-state index contributed by atoms with van der Waals surface area (Å²) in [5, 5.41) is 3.59. The molecule has 0 aromatic rings. The highest BCUT2D eigenvalue weighted by molar-refractivity contribution is 7.98. The maximum Gasteiger partial charge on any atom is 0.0700 e. The molecule has 0 amide bonds. The van der Waals surface area contributed by atoms with Crippen LogP contribution >= 0.6 is 11.8 Å². The van der Waals surface area contributed by atoms with Gasteiger partial charge in [0.2, 0.25) is 0 Å². The topological polar surface area (TPSA) is 21.3 Å². The number of unbranched alkanes of at least 4 members (excludes halogenated alkanes) is 3. The third-order valence-electron chi connectivity index (χ3n) is 3.06. The quantitative estimate of drug-likeness (QED) is 0.649. The molecule has 1 rings (SSSR count). The van der Waals surface area contributed by atoms with Crippen LogP contribution in [-0.4, -0.2) is 37.3 Å². The average Bonchev–Trinajstić information content (AvgIpc) is 2.63. The molecular weight excluding hydrogens is 206 g/mol. The van der Waals surface area contributed by atoms with Crippen LogP contribution in [0.3, 0.4) is 0 Å². The monoisotopic (exact) mass is 231 g/mol. The van der Waals surface area contributed by atoms with Crippen LogP contribution in [-0.2, 0) is 4.74 Å². The fourth-order valence-corrected chi connectivity index (χ4v) is 2.50. The number of ether oxygens (including phenoxy) is 1. The van der Waals surface area contributed by atoms with Crippen molar-refractivity contribution in [3.8, 4) is 0 Å². The first kappa shape index (κ1) is 13.3. The third kappa shape index (κ3) is 5.79. The predicted octanol–water partition coefficient (Wildman–Crippen LogP) is 2.68. The Morgan fingerprint density at radius 2 is 2.07 bits per heavy atom. The summed E-state index contributed by atoms with van der Waals surface area (Å²) < 4.78 is 5.51. The van der Waals surface area contributed by atoms with E-state index < -0.39 is 0 Å². The molecule has 1 heterocycles. The molecule has 1 fully saturated rings. The van der Waals surface area contributed by atoms with E-state index in [2.05, 4.69) is 18.5 Å². The predicted molar refractivity (Wildman–Crippen MR) is 68.7 cm³/mol. The number of thioether (sulfide) groups is 1. The minimum Gasteiger partial charge on any atom is -0.377 e. The van der Waals surface area contributed by atoms with E-state index >= 15 is 0 Å². The van der Waals surface area contributed by atoms with Gasteiger partial charge in [0, 0.05) is 12.6 Å². The second-order valence-corrected chi connectivity index (χ2v) is 5.32. The summed E-state index contributed by atoms with van der Waals surface area (Å²) in [4.78, 5) is 0. The van der Waals surface area contributed by atoms with Gasteiger partial charge in [-0.1, -0.05) is 12.8 Å². The first-order valence-electron chi connectivity index (χ1n) is 6.18. The lowest BCUT2D eigenvalue weighted by Gasteiger charge is -2.15. The molecule has 0 spiro atoms. The Hall–Kier alpha value is 0.270. The third-order valence-corrected chi connectivity index (χ3v) is 3.75. The minimum absolute atomic E-state index is 0.418. The van der Waals surface area contributed by atoms with Crippen LogP contribution in [0.5, 0.6) is 0 Å². The molecule has 15 heavy (non-hydrogen) atoms. The van der Waals surface area contributed by atoms with Crippen molar-refractivity contribution in [2.75, 3.05) is 25.2 Å². The Bertz CT molecular complexity index is 155. The van der Waals surface area contributed by atoms with E-state index in [4.69, 9.17) is 4.74 Å². The summed E-state index contributed by atoms with van der Waals surface area (Å²) in [5.74, 6) is 1.32. The van der Waals surface area contributed by atoms with Gasteiger partial charge >= 0.3 is 0 Å². The molecule has 2 atom stereocenters. The minimum atomic E-state index is 0.418. The molecular formula is C12H25NOS. The molecule has 90 valence electrons. The summed E-state index contributed by atoms with van der Waals surface area (Å²) in [5.41, 5.74) is 0. The first-order chi connectivity index (χ1) is 7.34. The summed E-state index contributed by atoms with van der Waals surface area (Å²) >= 11 is 1.95. The van der Waals surface area contributed by atoms with Crippen LogP contribution in [0.2, 0.25) is 0 Å². The molecule has 1 aliphatic heterocycles. The van der Waals surface area contributed by atoms with Gasteiger partial charge in [0.25, 0.3) is 0 Å². The van der Waals surface area contributed by atoms with Crippen molar-refractivity contribution in [1.29, 1.82) is 0 Å². The van der Waals surface area contributed by atoms with Gasteiger partial charge in [-0.3, -0.25) is 0 Å². The van der Waals surface area contributed by atoms with E-state index in [1.165, 1.54) is 37.9 Å². The van der Waals surface area contributed by atoms with Crippen molar-refractivity contribution in [2.45, 2.75) is 51.2 Å². The largest absolute Gasteiger partial charge is 0.377 e. The summed E-state index contributed by atoms with van der Waals surface area (Å²) in [6.45, 7) is 4.27. The zero-order chi connectivity index (χ0) is 10.9. The second-order valence-electron chi connectivity index (χ2n) is 4.33. The molecule has 3 heteroatoms. The highest BCUT2D eigenvalue weighted by atomic mass is 32.2. The molecule has 2 unspecified atom stereocenters. The molecule has 0 radical (unpaired) electrons. The van der Waals surface area contributed by atoms with E-state index in [0.29, 0.717) is 12.1 Å². The smallest absolute Gasteiger partial charge is 0.0700 e. The van der Waals surface area contributed by atoms with Gasteiger partial charge in [0.1, 0.15) is 0 Å². The van der Waals surface area contributed by atoms with Crippen molar-refractivity contribution in [3.63, 3.8) is 0 Å². The molecule has 0 aliphatic carbocycles. The van der Waals surface area contributed by atoms with Crippen LogP contribution in [0.25, 0.3) is 0 Å². The summed E-state index contributed by atoms with van der Waals surface area (Å²) in [6.07, 6.45) is 9.24. The van der Waals surface area contributed by atoms with Gasteiger partial charge in [-0.2, -0.15) is 11.8 Å². The van der Waals surface area contributed by atoms with E-state index in [1.807, 2.05) is 11.8 Å². The van der Waals surface area contributed by atoms with Gasteiger partial charge < -0.3 is 10.1 Å². The van der Waals surface area contributed by atoms with Crippen LogP contribution in [0.4, 0.5) is 0 Å². The molecule has 0 aromatic carbocycles. The first-order valence-corrected chi connectivity index (χ1v) is 7.58. The van der Waals surface area contributed by atoms with Crippen LogP contribution in [0.1, 0.15) is 39.0 Å². The van der Waals surface area contributed by atoms with Crippen molar-refractivity contribution in [1.82, 2.24) is 5.32 Å². The molecule has 1 aliphatic rings. The van der Waals surface area contributed by atoms with Crippen LogP contribution in [0, 0.1) is 0 Å². The van der Waals surface area contributed by atoms with Gasteiger partial charge in [-0.15, -0.1) is 0 Å². The average molecular weight is 231 g/mol. The van der Waals surface area contributed by atoms with Crippen LogP contribution < -0.4 is 5.32 Å². The van der Waals surface area contributed by atoms with Crippen LogP contribution in [0.15, 0.2) is 0 Å². The number of hydrogen-bond donors (Lipinski definition) is 1. The standard InChI is InChI=1S/C12H25NOS/c1-11-12(7-9-14-11)13-8-5-3-4-6-10-15-2/h11-13H,3-10H2,1-2H3. The van der Waals surface area contributed by atoms with Crippen molar-refractivity contribution < 1.29 is 4.74 Å². The molecule has 1 saturated heterocycles. The lowest BCUT2D eigenvalue weighted by atomic mass is 10.1. The number of rotatable bonds is 8. The Balaban J connectivity index is 1.84. The van der Waals surface area contributed by atoms with Crippen molar-refractivity contribution >= 4 is 11.8 Å². The lowest BCUT2D eigenvalue weighted by Crippen LogP contribution is -2.35. The zero-order valence-electron chi connectivity index (χ0n) is 10.1. The molecule has 2 nitrogen and oxygen atoms in total. The lowest BCUT2D eigenvalue weighted by molar-refractivity contribution is 0.113. The highest BCUT2D eigenvalue weighted by Crippen LogP contribution is 2.12. The van der Waals surface area contributed by atoms with E-state index in [0.717, 1.165) is 13.2 Å². The Kier molecular flexibility index (Phi) is 7.49. The Morgan fingerprint density at radius 1 is 1.27 bits per heavy atom.